The monoisotopic (exact) mass is 271 g/mol. The van der Waals surface area contributed by atoms with Crippen LogP contribution in [0.2, 0.25) is 0 Å². The Morgan fingerprint density at radius 2 is 2.05 bits per heavy atom. The molecule has 5 nitrogen and oxygen atoms in total. The number of carbonyl (C=O) groups is 1. The fourth-order valence-electron chi connectivity index (χ4n) is 2.37. The molecule has 1 aliphatic heterocycles. The van der Waals surface area contributed by atoms with Crippen LogP contribution in [0.25, 0.3) is 0 Å². The van der Waals surface area contributed by atoms with E-state index in [1.54, 1.807) is 0 Å². The fraction of sp³-hybridized carbons (Fsp3) is 0.143. The van der Waals surface area contributed by atoms with Gasteiger partial charge in [0.05, 0.1) is 5.57 Å². The molecule has 20 heavy (non-hydrogen) atoms. The standard InChI is InChI=1S/C14H10FN3O2/c15-10-7-11-13(17-18-16-11)9(12(10)14(19)20)6-8-4-2-1-3-5-8/h1-5,7,9H,6H2,(H,19,20). The summed E-state index contributed by atoms with van der Waals surface area (Å²) in [6.07, 6.45) is 1.41. The van der Waals surface area contributed by atoms with Gasteiger partial charge in [-0.25, -0.2) is 9.18 Å². The lowest BCUT2D eigenvalue weighted by Gasteiger charge is -2.21. The average Bonchev–Trinajstić information content (AvgIpc) is 2.87. The topological polar surface area (TPSA) is 74.4 Å². The molecule has 0 bridgehead atoms. The summed E-state index contributed by atoms with van der Waals surface area (Å²) in [4.78, 5) is 11.3. The number of carboxylic acids is 1. The number of benzene rings is 1. The van der Waals surface area contributed by atoms with Gasteiger partial charge in [-0.15, -0.1) is 10.2 Å². The van der Waals surface area contributed by atoms with Crippen LogP contribution < -0.4 is 0 Å². The van der Waals surface area contributed by atoms with E-state index in [0.29, 0.717) is 17.8 Å². The molecule has 0 aromatic heterocycles. The molecule has 1 aromatic carbocycles. The number of allylic oxidation sites excluding steroid dienone is 3. The van der Waals surface area contributed by atoms with E-state index in [1.165, 1.54) is 0 Å². The van der Waals surface area contributed by atoms with Gasteiger partial charge >= 0.3 is 5.97 Å². The summed E-state index contributed by atoms with van der Waals surface area (Å²) in [6, 6.07) is 9.28. The summed E-state index contributed by atoms with van der Waals surface area (Å²) in [6.45, 7) is 0. The smallest absolute Gasteiger partial charge is 0.335 e. The first-order valence-electron chi connectivity index (χ1n) is 6.04. The summed E-state index contributed by atoms with van der Waals surface area (Å²) in [5.41, 5.74) is 1.32. The van der Waals surface area contributed by atoms with Crippen LogP contribution in [0, 0.1) is 5.92 Å². The zero-order chi connectivity index (χ0) is 14.1. The molecule has 0 spiro atoms. The van der Waals surface area contributed by atoms with E-state index in [0.717, 1.165) is 11.6 Å². The number of fused-ring (bicyclic) bond motifs is 1. The van der Waals surface area contributed by atoms with Crippen molar-refractivity contribution in [1.82, 2.24) is 0 Å². The van der Waals surface area contributed by atoms with Gasteiger partial charge in [0, 0.05) is 12.0 Å². The SMILES string of the molecule is O=C(O)C1=C(F)C=C2N=NN=C2C1Cc1ccccc1. The maximum absolute atomic E-state index is 14.0. The van der Waals surface area contributed by atoms with E-state index in [1.807, 2.05) is 30.3 Å². The maximum atomic E-state index is 14.0. The number of hydrogen-bond donors (Lipinski definition) is 1. The van der Waals surface area contributed by atoms with Crippen LogP contribution in [-0.2, 0) is 11.2 Å². The Bertz CT molecular complexity index is 690. The number of hydrogen-bond acceptors (Lipinski definition) is 4. The van der Waals surface area contributed by atoms with E-state index in [4.69, 9.17) is 0 Å². The first-order valence-corrected chi connectivity index (χ1v) is 6.04. The Kier molecular flexibility index (Phi) is 2.98. The first kappa shape index (κ1) is 12.4. The Labute approximate surface area is 113 Å². The second-order valence-electron chi connectivity index (χ2n) is 4.51. The number of nitrogens with zero attached hydrogens (tertiary/aromatic N) is 3. The molecule has 1 unspecified atom stereocenters. The molecule has 3 rings (SSSR count). The first-order chi connectivity index (χ1) is 9.66. The Balaban J connectivity index is 2.02. The van der Waals surface area contributed by atoms with Crippen LogP contribution >= 0.6 is 0 Å². The highest BCUT2D eigenvalue weighted by atomic mass is 19.1. The second-order valence-corrected chi connectivity index (χ2v) is 4.51. The highest BCUT2D eigenvalue weighted by Gasteiger charge is 2.36. The van der Waals surface area contributed by atoms with Gasteiger partial charge < -0.3 is 5.11 Å². The molecule has 1 atom stereocenters. The summed E-state index contributed by atoms with van der Waals surface area (Å²) in [5.74, 6) is -2.74. The molecule has 0 saturated heterocycles. The van der Waals surface area contributed by atoms with Crippen LogP contribution in [0.5, 0.6) is 0 Å². The Hall–Kier alpha value is -2.63. The third-order valence-corrected chi connectivity index (χ3v) is 3.28. The van der Waals surface area contributed by atoms with Crippen molar-refractivity contribution in [2.75, 3.05) is 0 Å². The molecular weight excluding hydrogens is 261 g/mol. The molecule has 6 heteroatoms. The predicted molar refractivity (Wildman–Crippen MR) is 69.8 cm³/mol. The van der Waals surface area contributed by atoms with Gasteiger partial charge in [0.15, 0.2) is 0 Å². The van der Waals surface area contributed by atoms with Gasteiger partial charge in [0.2, 0.25) is 0 Å². The van der Waals surface area contributed by atoms with Gasteiger partial charge in [0.25, 0.3) is 0 Å². The van der Waals surface area contributed by atoms with E-state index in [9.17, 15) is 14.3 Å². The van der Waals surface area contributed by atoms with E-state index >= 15 is 0 Å². The minimum Gasteiger partial charge on any atom is -0.478 e. The van der Waals surface area contributed by atoms with Crippen molar-refractivity contribution in [2.45, 2.75) is 6.42 Å². The molecular formula is C14H10FN3O2. The van der Waals surface area contributed by atoms with Gasteiger partial charge in [-0.05, 0) is 17.2 Å². The third kappa shape index (κ3) is 2.05. The molecule has 0 saturated carbocycles. The Morgan fingerprint density at radius 1 is 1.30 bits per heavy atom. The van der Waals surface area contributed by atoms with Gasteiger partial charge in [-0.1, -0.05) is 30.3 Å². The molecule has 2 aliphatic rings. The van der Waals surface area contributed by atoms with Crippen molar-refractivity contribution in [3.63, 3.8) is 0 Å². The molecule has 1 N–H and O–H groups in total. The summed E-state index contributed by atoms with van der Waals surface area (Å²) in [5, 5.41) is 20.3. The van der Waals surface area contributed by atoms with Crippen molar-refractivity contribution < 1.29 is 14.3 Å². The van der Waals surface area contributed by atoms with Crippen LogP contribution in [0.15, 0.2) is 68.9 Å². The number of carboxylic acid groups (broad SMARTS) is 1. The number of aliphatic carboxylic acids is 1. The lowest BCUT2D eigenvalue weighted by molar-refractivity contribution is -0.133. The van der Waals surface area contributed by atoms with E-state index in [2.05, 4.69) is 15.4 Å². The predicted octanol–water partition coefficient (Wildman–Crippen LogP) is 2.87. The average molecular weight is 271 g/mol. The van der Waals surface area contributed by atoms with Crippen LogP contribution in [-0.4, -0.2) is 16.8 Å². The molecule has 1 aliphatic carbocycles. The van der Waals surface area contributed by atoms with E-state index in [-0.39, 0.29) is 5.57 Å². The van der Waals surface area contributed by atoms with Crippen LogP contribution in [0.1, 0.15) is 5.56 Å². The quantitative estimate of drug-likeness (QED) is 0.917. The normalized spacial score (nSPS) is 20.6. The molecule has 1 aromatic rings. The van der Waals surface area contributed by atoms with Gasteiger partial charge in [-0.3, -0.25) is 0 Å². The van der Waals surface area contributed by atoms with E-state index < -0.39 is 17.7 Å². The molecule has 0 radical (unpaired) electrons. The zero-order valence-corrected chi connectivity index (χ0v) is 10.3. The van der Waals surface area contributed by atoms with Crippen molar-refractivity contribution in [1.29, 1.82) is 0 Å². The molecule has 0 fully saturated rings. The number of rotatable bonds is 3. The number of halogens is 1. The Morgan fingerprint density at radius 3 is 2.75 bits per heavy atom. The lowest BCUT2D eigenvalue weighted by Crippen LogP contribution is -2.27. The zero-order valence-electron chi connectivity index (χ0n) is 10.3. The largest absolute Gasteiger partial charge is 0.478 e. The van der Waals surface area contributed by atoms with Crippen molar-refractivity contribution >= 4 is 11.7 Å². The van der Waals surface area contributed by atoms with Crippen molar-refractivity contribution in [3.05, 3.63) is 59.1 Å². The molecule has 100 valence electrons. The van der Waals surface area contributed by atoms with Gasteiger partial charge in [0.1, 0.15) is 17.2 Å². The van der Waals surface area contributed by atoms with Crippen molar-refractivity contribution in [3.8, 4) is 0 Å². The minimum absolute atomic E-state index is 0.288. The molecule has 0 amide bonds. The van der Waals surface area contributed by atoms with Crippen molar-refractivity contribution in [2.24, 2.45) is 21.4 Å². The summed E-state index contributed by atoms with van der Waals surface area (Å²) in [7, 11) is 0. The molecule has 1 heterocycles. The van der Waals surface area contributed by atoms with Gasteiger partial charge in [-0.2, -0.15) is 0 Å². The van der Waals surface area contributed by atoms with Crippen LogP contribution in [0.4, 0.5) is 4.39 Å². The fourth-order valence-corrected chi connectivity index (χ4v) is 2.37. The highest BCUT2D eigenvalue weighted by molar-refractivity contribution is 6.10. The second kappa shape index (κ2) is 4.80. The highest BCUT2D eigenvalue weighted by Crippen LogP contribution is 2.34. The maximum Gasteiger partial charge on any atom is 0.335 e. The van der Waals surface area contributed by atoms with Crippen LogP contribution in [0.3, 0.4) is 0 Å². The summed E-state index contributed by atoms with van der Waals surface area (Å²) >= 11 is 0. The third-order valence-electron chi connectivity index (χ3n) is 3.28. The lowest BCUT2D eigenvalue weighted by atomic mass is 9.83. The summed E-state index contributed by atoms with van der Waals surface area (Å²) < 4.78 is 14.0. The minimum atomic E-state index is -1.28.